The van der Waals surface area contributed by atoms with Gasteiger partial charge in [0, 0.05) is 30.8 Å². The Labute approximate surface area is 145 Å². The molecule has 2 aliphatic heterocycles. The number of ether oxygens (including phenoxy) is 2. The summed E-state index contributed by atoms with van der Waals surface area (Å²) < 4.78 is 11.4. The molecular weight excluding hydrogens is 328 g/mol. The number of methoxy groups -OCH3 is 1. The van der Waals surface area contributed by atoms with Crippen LogP contribution in [-0.2, 0) is 4.74 Å². The summed E-state index contributed by atoms with van der Waals surface area (Å²) in [4.78, 5) is 6.69. The highest BCUT2D eigenvalue weighted by atomic mass is 35.5. The Morgan fingerprint density at radius 2 is 2.38 bits per heavy atom. The normalized spacial score (nSPS) is 23.7. The fraction of sp³-hybridized carbons (Fsp3) is 0.412. The molecule has 1 aromatic carbocycles. The molecule has 1 aromatic heterocycles. The highest BCUT2D eigenvalue weighted by Gasteiger charge is 2.35. The van der Waals surface area contributed by atoms with E-state index >= 15 is 0 Å². The van der Waals surface area contributed by atoms with Gasteiger partial charge >= 0.3 is 0 Å². The lowest BCUT2D eigenvalue weighted by Gasteiger charge is -2.26. The zero-order valence-electron chi connectivity index (χ0n) is 13.4. The van der Waals surface area contributed by atoms with E-state index in [1.807, 2.05) is 18.2 Å². The van der Waals surface area contributed by atoms with Gasteiger partial charge in [0.15, 0.2) is 0 Å². The maximum atomic E-state index is 6.09. The number of aromatic amines is 1. The molecule has 1 saturated heterocycles. The summed E-state index contributed by atoms with van der Waals surface area (Å²) in [5.74, 6) is 1.77. The summed E-state index contributed by atoms with van der Waals surface area (Å²) >= 11 is 6.09. The van der Waals surface area contributed by atoms with Crippen LogP contribution in [0.25, 0.3) is 6.08 Å². The summed E-state index contributed by atoms with van der Waals surface area (Å²) in [5.41, 5.74) is 2.24. The predicted molar refractivity (Wildman–Crippen MR) is 91.0 cm³/mol. The van der Waals surface area contributed by atoms with Crippen LogP contribution in [0.15, 0.2) is 30.1 Å². The molecule has 0 unspecified atom stereocenters. The minimum absolute atomic E-state index is 0.180. The summed E-state index contributed by atoms with van der Waals surface area (Å²) in [6, 6.07) is 5.88. The molecule has 126 valence electrons. The van der Waals surface area contributed by atoms with Gasteiger partial charge in [-0.1, -0.05) is 11.6 Å². The molecule has 6 nitrogen and oxygen atoms in total. The van der Waals surface area contributed by atoms with Crippen LogP contribution in [0.1, 0.15) is 23.9 Å². The Morgan fingerprint density at radius 3 is 3.17 bits per heavy atom. The van der Waals surface area contributed by atoms with Crippen LogP contribution in [0.5, 0.6) is 5.75 Å². The first kappa shape index (κ1) is 15.6. The summed E-state index contributed by atoms with van der Waals surface area (Å²) in [6.45, 7) is 2.25. The van der Waals surface area contributed by atoms with Crippen molar-refractivity contribution in [3.8, 4) is 5.75 Å². The Kier molecular flexibility index (Phi) is 4.26. The Hall–Kier alpha value is -1.89. The highest BCUT2D eigenvalue weighted by molar-refractivity contribution is 6.30. The van der Waals surface area contributed by atoms with Crippen molar-refractivity contribution in [1.29, 1.82) is 0 Å². The lowest BCUT2D eigenvalue weighted by Crippen LogP contribution is -2.30. The van der Waals surface area contributed by atoms with E-state index in [-0.39, 0.29) is 12.1 Å². The number of hydrogen-bond donors (Lipinski definition) is 1. The van der Waals surface area contributed by atoms with E-state index in [0.29, 0.717) is 6.61 Å². The molecule has 2 atom stereocenters. The Morgan fingerprint density at radius 1 is 1.46 bits per heavy atom. The van der Waals surface area contributed by atoms with Crippen molar-refractivity contribution in [3.05, 3.63) is 46.5 Å². The summed E-state index contributed by atoms with van der Waals surface area (Å²) in [7, 11) is 1.76. The van der Waals surface area contributed by atoms with Gasteiger partial charge in [-0.05, 0) is 36.3 Å². The number of rotatable bonds is 4. The number of hydrogen-bond acceptors (Lipinski definition) is 5. The molecule has 0 radical (unpaired) electrons. The molecule has 3 heterocycles. The number of H-pyrrole nitrogens is 1. The van der Waals surface area contributed by atoms with Gasteiger partial charge in [-0.3, -0.25) is 10.00 Å². The fourth-order valence-corrected chi connectivity index (χ4v) is 3.60. The number of benzene rings is 1. The zero-order valence-corrected chi connectivity index (χ0v) is 14.2. The SMILES string of the molecule is CO[C@@H]1C[C@@H](c2ncn[nH]2)N(CC2=Cc3cc(Cl)ccc3OC2)C1. The number of nitrogens with one attached hydrogen (secondary N) is 1. The molecule has 24 heavy (non-hydrogen) atoms. The van der Waals surface area contributed by atoms with Gasteiger partial charge in [-0.15, -0.1) is 0 Å². The molecule has 4 rings (SSSR count). The first-order chi connectivity index (χ1) is 11.7. The van der Waals surface area contributed by atoms with E-state index in [0.717, 1.165) is 41.7 Å². The number of nitrogens with zero attached hydrogens (tertiary/aromatic N) is 3. The lowest BCUT2D eigenvalue weighted by molar-refractivity contribution is 0.109. The second-order valence-electron chi connectivity index (χ2n) is 6.18. The van der Waals surface area contributed by atoms with Crippen molar-refractivity contribution in [2.24, 2.45) is 0 Å². The van der Waals surface area contributed by atoms with Crippen LogP contribution in [0.4, 0.5) is 0 Å². The fourth-order valence-electron chi connectivity index (χ4n) is 3.41. The third-order valence-corrected chi connectivity index (χ3v) is 4.83. The average molecular weight is 347 g/mol. The minimum atomic E-state index is 0.180. The first-order valence-electron chi connectivity index (χ1n) is 7.97. The molecule has 0 aliphatic carbocycles. The summed E-state index contributed by atoms with van der Waals surface area (Å²) in [5, 5.41) is 7.69. The Bertz CT molecular complexity index is 747. The van der Waals surface area contributed by atoms with Crippen molar-refractivity contribution in [1.82, 2.24) is 20.1 Å². The maximum Gasteiger partial charge on any atom is 0.141 e. The van der Waals surface area contributed by atoms with E-state index < -0.39 is 0 Å². The van der Waals surface area contributed by atoms with Crippen LogP contribution >= 0.6 is 11.6 Å². The predicted octanol–water partition coefficient (Wildman–Crippen LogP) is 2.70. The van der Waals surface area contributed by atoms with Crippen molar-refractivity contribution >= 4 is 17.7 Å². The standard InChI is InChI=1S/C17H19ClN4O2/c1-23-14-6-15(17-19-10-20-21-17)22(8-14)7-11-4-12-5-13(18)2-3-16(12)24-9-11/h2-5,10,14-15H,6-9H2,1H3,(H,19,20,21)/t14-,15+/m1/s1. The van der Waals surface area contributed by atoms with Gasteiger partial charge in [0.1, 0.15) is 24.5 Å². The largest absolute Gasteiger partial charge is 0.489 e. The maximum absolute atomic E-state index is 6.09. The molecule has 0 spiro atoms. The van der Waals surface area contributed by atoms with Gasteiger partial charge in [0.2, 0.25) is 0 Å². The number of fused-ring (bicyclic) bond motifs is 1. The third-order valence-electron chi connectivity index (χ3n) is 4.60. The van der Waals surface area contributed by atoms with Crippen molar-refractivity contribution < 1.29 is 9.47 Å². The second-order valence-corrected chi connectivity index (χ2v) is 6.62. The number of aromatic nitrogens is 3. The minimum Gasteiger partial charge on any atom is -0.489 e. The van der Waals surface area contributed by atoms with Gasteiger partial charge < -0.3 is 9.47 Å². The molecule has 7 heteroatoms. The number of likely N-dealkylation sites (tertiary alicyclic amines) is 1. The second kappa shape index (κ2) is 6.55. The quantitative estimate of drug-likeness (QED) is 0.922. The van der Waals surface area contributed by atoms with Crippen LogP contribution in [-0.4, -0.2) is 53.0 Å². The van der Waals surface area contributed by atoms with E-state index in [2.05, 4.69) is 26.2 Å². The molecule has 0 saturated carbocycles. The Balaban J connectivity index is 1.55. The van der Waals surface area contributed by atoms with Crippen LogP contribution in [0, 0.1) is 0 Å². The topological polar surface area (TPSA) is 63.3 Å². The van der Waals surface area contributed by atoms with Crippen molar-refractivity contribution in [3.63, 3.8) is 0 Å². The molecule has 2 aliphatic rings. The monoisotopic (exact) mass is 346 g/mol. The lowest BCUT2D eigenvalue weighted by atomic mass is 10.1. The number of halogens is 1. The smallest absolute Gasteiger partial charge is 0.141 e. The van der Waals surface area contributed by atoms with Crippen molar-refractivity contribution in [2.75, 3.05) is 26.8 Å². The van der Waals surface area contributed by atoms with Gasteiger partial charge in [0.25, 0.3) is 0 Å². The highest BCUT2D eigenvalue weighted by Crippen LogP contribution is 2.34. The van der Waals surface area contributed by atoms with Crippen LogP contribution < -0.4 is 4.74 Å². The molecule has 1 N–H and O–H groups in total. The van der Waals surface area contributed by atoms with Crippen LogP contribution in [0.2, 0.25) is 5.02 Å². The average Bonchev–Trinajstić information content (AvgIpc) is 3.23. The third kappa shape index (κ3) is 3.05. The van der Waals surface area contributed by atoms with Gasteiger partial charge in [0.05, 0.1) is 12.1 Å². The molecular formula is C17H19ClN4O2. The zero-order chi connectivity index (χ0) is 16.5. The van der Waals surface area contributed by atoms with Crippen LogP contribution in [0.3, 0.4) is 0 Å². The van der Waals surface area contributed by atoms with Crippen molar-refractivity contribution in [2.45, 2.75) is 18.6 Å². The molecule has 2 aromatic rings. The van der Waals surface area contributed by atoms with Gasteiger partial charge in [-0.2, -0.15) is 5.10 Å². The molecule has 0 amide bonds. The summed E-state index contributed by atoms with van der Waals surface area (Å²) in [6.07, 6.45) is 4.83. The molecule has 0 bridgehead atoms. The van der Waals surface area contributed by atoms with Gasteiger partial charge in [-0.25, -0.2) is 4.98 Å². The first-order valence-corrected chi connectivity index (χ1v) is 8.34. The van der Waals surface area contributed by atoms with E-state index in [9.17, 15) is 0 Å². The van der Waals surface area contributed by atoms with E-state index in [1.54, 1.807) is 13.4 Å². The molecule has 1 fully saturated rings. The van der Waals surface area contributed by atoms with E-state index in [4.69, 9.17) is 21.1 Å². The van der Waals surface area contributed by atoms with E-state index in [1.165, 1.54) is 5.57 Å².